The molecule has 6 nitrogen and oxygen atoms in total. The second kappa shape index (κ2) is 9.59. The van der Waals surface area contributed by atoms with Crippen molar-refractivity contribution in [2.75, 3.05) is 5.32 Å². The first-order valence-corrected chi connectivity index (χ1v) is 11.4. The monoisotopic (exact) mass is 503 g/mol. The number of carbonyl (C=O) groups excluding carboxylic acids is 2. The Morgan fingerprint density at radius 2 is 1.76 bits per heavy atom. The topological polar surface area (TPSA) is 83.7 Å². The SMILES string of the molecule is Cc1ccc(NC(=O)c2oc3c(c2C)/C(=N/NC(=O)c2ccc(Cl)cc2Cl)CCC3)cc1Cl. The number of halogens is 3. The van der Waals surface area contributed by atoms with Gasteiger partial charge in [0.1, 0.15) is 5.76 Å². The zero-order chi connectivity index (χ0) is 23.7. The lowest BCUT2D eigenvalue weighted by Gasteiger charge is -2.13. The van der Waals surface area contributed by atoms with E-state index in [0.717, 1.165) is 17.5 Å². The fourth-order valence-electron chi connectivity index (χ4n) is 3.71. The molecule has 0 atom stereocenters. The van der Waals surface area contributed by atoms with Gasteiger partial charge in [-0.05, 0) is 62.6 Å². The summed E-state index contributed by atoms with van der Waals surface area (Å²) in [6.07, 6.45) is 2.09. The van der Waals surface area contributed by atoms with Crippen LogP contribution in [-0.4, -0.2) is 17.5 Å². The highest BCUT2D eigenvalue weighted by molar-refractivity contribution is 6.36. The van der Waals surface area contributed by atoms with Crippen LogP contribution in [0.1, 0.15) is 56.2 Å². The summed E-state index contributed by atoms with van der Waals surface area (Å²) < 4.78 is 5.90. The van der Waals surface area contributed by atoms with Gasteiger partial charge < -0.3 is 9.73 Å². The second-order valence-electron chi connectivity index (χ2n) is 7.75. The lowest BCUT2D eigenvalue weighted by molar-refractivity contribution is 0.0953. The van der Waals surface area contributed by atoms with Crippen LogP contribution in [0.4, 0.5) is 5.69 Å². The van der Waals surface area contributed by atoms with Crippen LogP contribution in [0.3, 0.4) is 0 Å². The number of carbonyl (C=O) groups is 2. The Morgan fingerprint density at radius 1 is 0.970 bits per heavy atom. The summed E-state index contributed by atoms with van der Waals surface area (Å²) in [5, 5.41) is 8.38. The molecule has 0 aliphatic heterocycles. The van der Waals surface area contributed by atoms with Crippen LogP contribution in [0.5, 0.6) is 0 Å². The highest BCUT2D eigenvalue weighted by Crippen LogP contribution is 2.31. The van der Waals surface area contributed by atoms with Crippen molar-refractivity contribution in [3.05, 3.63) is 85.2 Å². The molecule has 0 unspecified atom stereocenters. The number of amides is 2. The largest absolute Gasteiger partial charge is 0.455 e. The van der Waals surface area contributed by atoms with Gasteiger partial charge in [0.2, 0.25) is 0 Å². The maximum absolute atomic E-state index is 12.9. The van der Waals surface area contributed by atoms with E-state index in [-0.39, 0.29) is 22.3 Å². The Bertz CT molecular complexity index is 1300. The van der Waals surface area contributed by atoms with E-state index in [1.54, 1.807) is 25.1 Å². The Labute approximate surface area is 205 Å². The van der Waals surface area contributed by atoms with Gasteiger partial charge in [-0.2, -0.15) is 5.10 Å². The molecule has 0 saturated carbocycles. The molecule has 1 aliphatic rings. The quantitative estimate of drug-likeness (QED) is 0.394. The van der Waals surface area contributed by atoms with E-state index < -0.39 is 5.91 Å². The third-order valence-electron chi connectivity index (χ3n) is 5.43. The van der Waals surface area contributed by atoms with Gasteiger partial charge in [-0.15, -0.1) is 0 Å². The molecule has 0 radical (unpaired) electrons. The van der Waals surface area contributed by atoms with Crippen molar-refractivity contribution in [2.45, 2.75) is 33.1 Å². The molecule has 2 amide bonds. The minimum atomic E-state index is -0.452. The molecule has 170 valence electrons. The average molecular weight is 505 g/mol. The van der Waals surface area contributed by atoms with Crippen molar-refractivity contribution >= 4 is 58.0 Å². The highest BCUT2D eigenvalue weighted by atomic mass is 35.5. The van der Waals surface area contributed by atoms with E-state index in [4.69, 9.17) is 39.2 Å². The van der Waals surface area contributed by atoms with Crippen LogP contribution in [0.2, 0.25) is 15.1 Å². The van der Waals surface area contributed by atoms with Gasteiger partial charge in [-0.1, -0.05) is 40.9 Å². The van der Waals surface area contributed by atoms with Gasteiger partial charge >= 0.3 is 0 Å². The number of hydrogen-bond donors (Lipinski definition) is 2. The summed E-state index contributed by atoms with van der Waals surface area (Å²) >= 11 is 18.2. The number of anilines is 1. The lowest BCUT2D eigenvalue weighted by atomic mass is 9.93. The number of aryl methyl sites for hydroxylation is 2. The summed E-state index contributed by atoms with van der Waals surface area (Å²) in [4.78, 5) is 25.4. The smallest absolute Gasteiger partial charge is 0.291 e. The summed E-state index contributed by atoms with van der Waals surface area (Å²) in [5.74, 6) is 0.0477. The predicted octanol–water partition coefficient (Wildman–Crippen LogP) is 6.58. The van der Waals surface area contributed by atoms with Crippen molar-refractivity contribution in [3.63, 3.8) is 0 Å². The molecule has 33 heavy (non-hydrogen) atoms. The lowest BCUT2D eigenvalue weighted by Crippen LogP contribution is -2.22. The Balaban J connectivity index is 1.57. The first-order chi connectivity index (χ1) is 15.7. The van der Waals surface area contributed by atoms with Crippen molar-refractivity contribution in [2.24, 2.45) is 5.10 Å². The van der Waals surface area contributed by atoms with E-state index in [0.29, 0.717) is 45.6 Å². The minimum absolute atomic E-state index is 0.207. The molecule has 0 saturated heterocycles. The van der Waals surface area contributed by atoms with Gasteiger partial charge in [0.25, 0.3) is 11.8 Å². The summed E-state index contributed by atoms with van der Waals surface area (Å²) in [7, 11) is 0. The third-order valence-corrected chi connectivity index (χ3v) is 6.38. The van der Waals surface area contributed by atoms with Crippen LogP contribution in [0, 0.1) is 13.8 Å². The number of fused-ring (bicyclic) bond motifs is 1. The van der Waals surface area contributed by atoms with Gasteiger partial charge in [0.05, 0.1) is 16.3 Å². The molecule has 1 aliphatic carbocycles. The van der Waals surface area contributed by atoms with Crippen molar-refractivity contribution < 1.29 is 14.0 Å². The number of furan rings is 1. The van der Waals surface area contributed by atoms with Crippen molar-refractivity contribution in [3.8, 4) is 0 Å². The average Bonchev–Trinajstić information content (AvgIpc) is 3.12. The fraction of sp³-hybridized carbons (Fsp3) is 0.208. The number of benzene rings is 2. The molecule has 1 aromatic heterocycles. The predicted molar refractivity (Wildman–Crippen MR) is 131 cm³/mol. The first-order valence-electron chi connectivity index (χ1n) is 10.3. The molecule has 3 aromatic rings. The van der Waals surface area contributed by atoms with E-state index in [2.05, 4.69) is 15.8 Å². The number of hydrazone groups is 1. The zero-order valence-electron chi connectivity index (χ0n) is 17.9. The van der Waals surface area contributed by atoms with Crippen molar-refractivity contribution in [1.82, 2.24) is 5.43 Å². The molecule has 2 aromatic carbocycles. The van der Waals surface area contributed by atoms with Crippen molar-refractivity contribution in [1.29, 1.82) is 0 Å². The Morgan fingerprint density at radius 3 is 2.48 bits per heavy atom. The van der Waals surface area contributed by atoms with Crippen LogP contribution < -0.4 is 10.7 Å². The minimum Gasteiger partial charge on any atom is -0.455 e. The molecular weight excluding hydrogens is 485 g/mol. The van der Waals surface area contributed by atoms with E-state index in [9.17, 15) is 9.59 Å². The molecule has 0 bridgehead atoms. The molecule has 4 rings (SSSR count). The number of hydrogen-bond acceptors (Lipinski definition) is 4. The Hall–Kier alpha value is -2.80. The van der Waals surface area contributed by atoms with Crippen LogP contribution in [-0.2, 0) is 6.42 Å². The summed E-state index contributed by atoms with van der Waals surface area (Å²) in [5.41, 5.74) is 6.37. The fourth-order valence-corrected chi connectivity index (χ4v) is 4.38. The molecule has 0 fully saturated rings. The third kappa shape index (κ3) is 4.93. The normalized spacial score (nSPS) is 14.2. The number of nitrogens with one attached hydrogen (secondary N) is 2. The van der Waals surface area contributed by atoms with Gasteiger partial charge in [0, 0.05) is 33.3 Å². The van der Waals surface area contributed by atoms with Gasteiger partial charge in [-0.25, -0.2) is 5.43 Å². The van der Waals surface area contributed by atoms with E-state index in [1.165, 1.54) is 12.1 Å². The van der Waals surface area contributed by atoms with Crippen LogP contribution in [0.25, 0.3) is 0 Å². The van der Waals surface area contributed by atoms with Gasteiger partial charge in [-0.3, -0.25) is 9.59 Å². The maximum Gasteiger partial charge on any atom is 0.291 e. The van der Waals surface area contributed by atoms with Crippen LogP contribution >= 0.6 is 34.8 Å². The summed E-state index contributed by atoms with van der Waals surface area (Å²) in [6.45, 7) is 3.69. The highest BCUT2D eigenvalue weighted by Gasteiger charge is 2.28. The second-order valence-corrected chi connectivity index (χ2v) is 9.00. The molecule has 9 heteroatoms. The van der Waals surface area contributed by atoms with E-state index >= 15 is 0 Å². The first kappa shape index (κ1) is 23.4. The standard InChI is InChI=1S/C24H20Cl3N3O3/c1-12-6-8-15(11-17(12)26)28-24(32)22-13(2)21-19(4-3-5-20(21)33-22)29-30-23(31)16-9-7-14(25)10-18(16)27/h6-11H,3-5H2,1-2H3,(H,28,32)(H,30,31)/b29-19+. The molecule has 1 heterocycles. The zero-order valence-corrected chi connectivity index (χ0v) is 20.2. The number of rotatable bonds is 4. The molecule has 0 spiro atoms. The molecular formula is C24H20Cl3N3O3. The Kier molecular flexibility index (Phi) is 6.79. The maximum atomic E-state index is 12.9. The summed E-state index contributed by atoms with van der Waals surface area (Å²) in [6, 6.07) is 9.92. The van der Waals surface area contributed by atoms with Crippen LogP contribution in [0.15, 0.2) is 45.9 Å². The number of nitrogens with zero attached hydrogens (tertiary/aromatic N) is 1. The van der Waals surface area contributed by atoms with E-state index in [1.807, 2.05) is 13.0 Å². The molecule has 2 N–H and O–H groups in total. The van der Waals surface area contributed by atoms with Gasteiger partial charge in [0.15, 0.2) is 5.76 Å².